The average Bonchev–Trinajstić information content (AvgIpc) is 3.02. The maximum atomic E-state index is 11.7. The van der Waals surface area contributed by atoms with Crippen molar-refractivity contribution in [2.45, 2.75) is 43.8 Å². The fourth-order valence-corrected chi connectivity index (χ4v) is 5.69. The van der Waals surface area contributed by atoms with Crippen LogP contribution in [0.5, 0.6) is 0 Å². The van der Waals surface area contributed by atoms with Crippen molar-refractivity contribution in [1.82, 2.24) is 10.2 Å². The molecule has 2 aliphatic heterocycles. The summed E-state index contributed by atoms with van der Waals surface area (Å²) in [6.07, 6.45) is 6.60. The van der Waals surface area contributed by atoms with Crippen LogP contribution >= 0.6 is 21.6 Å². The summed E-state index contributed by atoms with van der Waals surface area (Å²) in [5.74, 6) is 1.53. The molecule has 1 N–H and O–H groups in total. The lowest BCUT2D eigenvalue weighted by atomic mass is 10.1. The van der Waals surface area contributed by atoms with Crippen molar-refractivity contribution in [3.05, 3.63) is 0 Å². The van der Waals surface area contributed by atoms with Gasteiger partial charge in [-0.1, -0.05) is 28.0 Å². The highest BCUT2D eigenvalue weighted by molar-refractivity contribution is 8.77. The largest absolute Gasteiger partial charge is 0.379 e. The van der Waals surface area contributed by atoms with Crippen LogP contribution in [-0.2, 0) is 9.53 Å². The molecule has 0 aromatic carbocycles. The van der Waals surface area contributed by atoms with Gasteiger partial charge in [0.1, 0.15) is 0 Å². The minimum Gasteiger partial charge on any atom is -0.379 e. The number of hydrogen-bond acceptors (Lipinski definition) is 5. The van der Waals surface area contributed by atoms with Crippen molar-refractivity contribution in [2.24, 2.45) is 0 Å². The van der Waals surface area contributed by atoms with Gasteiger partial charge in [-0.05, 0) is 32.2 Å². The Hall–Kier alpha value is 0.0900. The Morgan fingerprint density at radius 1 is 1.24 bits per heavy atom. The molecule has 0 aromatic heterocycles. The Bertz CT molecular complexity index is 293. The normalized spacial score (nSPS) is 23.3. The number of nitrogens with one attached hydrogen (secondary N) is 1. The number of carbonyl (C=O) groups excluding carboxylic acids is 1. The number of amides is 1. The van der Waals surface area contributed by atoms with E-state index in [1.54, 1.807) is 0 Å². The van der Waals surface area contributed by atoms with Crippen LogP contribution < -0.4 is 5.32 Å². The number of morpholine rings is 1. The van der Waals surface area contributed by atoms with E-state index >= 15 is 0 Å². The van der Waals surface area contributed by atoms with Gasteiger partial charge in [0.2, 0.25) is 5.91 Å². The van der Waals surface area contributed by atoms with Gasteiger partial charge in [0, 0.05) is 37.1 Å². The summed E-state index contributed by atoms with van der Waals surface area (Å²) in [5, 5.41) is 3.88. The van der Waals surface area contributed by atoms with Crippen LogP contribution in [0.1, 0.15) is 38.5 Å². The Morgan fingerprint density at radius 2 is 2.10 bits per heavy atom. The van der Waals surface area contributed by atoms with E-state index in [0.29, 0.717) is 6.42 Å². The molecule has 1 amide bonds. The Kier molecular flexibility index (Phi) is 8.93. The molecule has 2 aliphatic rings. The molecular weight excluding hydrogens is 304 g/mol. The number of carbonyl (C=O) groups is 1. The summed E-state index contributed by atoms with van der Waals surface area (Å²) in [4.78, 5) is 14.1. The second-order valence-corrected chi connectivity index (χ2v) is 8.52. The topological polar surface area (TPSA) is 41.6 Å². The smallest absolute Gasteiger partial charge is 0.219 e. The van der Waals surface area contributed by atoms with Crippen LogP contribution in [0.4, 0.5) is 0 Å². The highest BCUT2D eigenvalue weighted by Gasteiger charge is 2.15. The molecular formula is C15H28N2O2S2. The third kappa shape index (κ3) is 7.77. The van der Waals surface area contributed by atoms with Crippen LogP contribution in [0.25, 0.3) is 0 Å². The lowest BCUT2D eigenvalue weighted by Gasteiger charge is -2.26. The van der Waals surface area contributed by atoms with E-state index in [1.165, 1.54) is 25.0 Å². The van der Waals surface area contributed by atoms with E-state index in [0.717, 1.165) is 57.5 Å². The molecule has 0 unspecified atom stereocenters. The first-order valence-electron chi connectivity index (χ1n) is 8.19. The predicted octanol–water partition coefficient (Wildman–Crippen LogP) is 2.54. The molecule has 0 saturated carbocycles. The molecule has 122 valence electrons. The molecule has 0 spiro atoms. The fraction of sp³-hybridized carbons (Fsp3) is 0.933. The van der Waals surface area contributed by atoms with Gasteiger partial charge in [0.25, 0.3) is 0 Å². The predicted molar refractivity (Wildman–Crippen MR) is 91.8 cm³/mol. The van der Waals surface area contributed by atoms with E-state index < -0.39 is 0 Å². The summed E-state index contributed by atoms with van der Waals surface area (Å²) in [5.41, 5.74) is 0. The first-order chi connectivity index (χ1) is 10.3. The number of ether oxygens (including phenoxy) is 1. The van der Waals surface area contributed by atoms with Crippen molar-refractivity contribution in [2.75, 3.05) is 45.1 Å². The van der Waals surface area contributed by atoms with Gasteiger partial charge >= 0.3 is 0 Å². The van der Waals surface area contributed by atoms with Crippen LogP contribution in [0.2, 0.25) is 0 Å². The second kappa shape index (κ2) is 10.8. The molecule has 0 bridgehead atoms. The quantitative estimate of drug-likeness (QED) is 0.519. The molecule has 0 aromatic rings. The molecule has 0 radical (unpaired) electrons. The standard InChI is InChI=1S/C15H28N2O2S2/c18-15(5-2-1-4-14-6-13-20-21-14)16-7-3-8-17-9-11-19-12-10-17/h14H,1-13H2,(H,16,18)/t14-/m1/s1. The van der Waals surface area contributed by atoms with Crippen molar-refractivity contribution < 1.29 is 9.53 Å². The molecule has 2 rings (SSSR count). The molecule has 2 saturated heterocycles. The highest BCUT2D eigenvalue weighted by atomic mass is 33.1. The third-order valence-corrected chi connectivity index (χ3v) is 6.99. The summed E-state index contributed by atoms with van der Waals surface area (Å²) in [7, 11) is 4.03. The Morgan fingerprint density at radius 3 is 2.86 bits per heavy atom. The maximum absolute atomic E-state index is 11.7. The fourth-order valence-electron chi connectivity index (χ4n) is 2.67. The third-order valence-electron chi connectivity index (χ3n) is 3.98. The van der Waals surface area contributed by atoms with Gasteiger partial charge in [-0.25, -0.2) is 0 Å². The molecule has 21 heavy (non-hydrogen) atoms. The monoisotopic (exact) mass is 332 g/mol. The van der Waals surface area contributed by atoms with Gasteiger partial charge in [0.05, 0.1) is 13.2 Å². The first-order valence-corrected chi connectivity index (χ1v) is 10.6. The maximum Gasteiger partial charge on any atom is 0.219 e. The van der Waals surface area contributed by atoms with Crippen molar-refractivity contribution >= 4 is 27.5 Å². The van der Waals surface area contributed by atoms with Gasteiger partial charge in [-0.2, -0.15) is 0 Å². The molecule has 4 nitrogen and oxygen atoms in total. The van der Waals surface area contributed by atoms with E-state index in [9.17, 15) is 4.79 Å². The number of unbranched alkanes of at least 4 members (excludes halogenated alkanes) is 1. The molecule has 6 heteroatoms. The van der Waals surface area contributed by atoms with Crippen LogP contribution in [-0.4, -0.2) is 61.2 Å². The zero-order chi connectivity index (χ0) is 14.8. The first kappa shape index (κ1) is 17.4. The van der Waals surface area contributed by atoms with Crippen LogP contribution in [0.3, 0.4) is 0 Å². The molecule has 2 fully saturated rings. The van der Waals surface area contributed by atoms with Crippen molar-refractivity contribution in [3.63, 3.8) is 0 Å². The minimum atomic E-state index is 0.227. The molecule has 1 atom stereocenters. The van der Waals surface area contributed by atoms with Gasteiger partial charge < -0.3 is 10.1 Å². The van der Waals surface area contributed by atoms with Gasteiger partial charge in [-0.3, -0.25) is 9.69 Å². The number of hydrogen-bond donors (Lipinski definition) is 1. The second-order valence-electron chi connectivity index (χ2n) is 5.73. The SMILES string of the molecule is O=C(CCCC[C@@H]1CCSS1)NCCCN1CCOCC1. The highest BCUT2D eigenvalue weighted by Crippen LogP contribution is 2.39. The lowest BCUT2D eigenvalue weighted by Crippen LogP contribution is -2.38. The van der Waals surface area contributed by atoms with Gasteiger partial charge in [0.15, 0.2) is 0 Å². The van der Waals surface area contributed by atoms with Crippen LogP contribution in [0, 0.1) is 0 Å². The average molecular weight is 333 g/mol. The molecule has 0 aliphatic carbocycles. The van der Waals surface area contributed by atoms with E-state index in [2.05, 4.69) is 10.2 Å². The lowest BCUT2D eigenvalue weighted by molar-refractivity contribution is -0.121. The Labute approximate surface area is 136 Å². The zero-order valence-corrected chi connectivity index (χ0v) is 14.5. The van der Waals surface area contributed by atoms with Gasteiger partial charge in [-0.15, -0.1) is 0 Å². The van der Waals surface area contributed by atoms with E-state index in [4.69, 9.17) is 4.74 Å². The van der Waals surface area contributed by atoms with E-state index in [-0.39, 0.29) is 5.91 Å². The van der Waals surface area contributed by atoms with E-state index in [1.807, 2.05) is 21.6 Å². The van der Waals surface area contributed by atoms with Crippen LogP contribution in [0.15, 0.2) is 0 Å². The summed E-state index contributed by atoms with van der Waals surface area (Å²) in [6.45, 7) is 5.65. The summed E-state index contributed by atoms with van der Waals surface area (Å²) < 4.78 is 5.32. The summed E-state index contributed by atoms with van der Waals surface area (Å²) >= 11 is 0. The van der Waals surface area contributed by atoms with Crippen molar-refractivity contribution in [3.8, 4) is 0 Å². The molecule has 2 heterocycles. The zero-order valence-electron chi connectivity index (χ0n) is 12.8. The minimum absolute atomic E-state index is 0.227. The van der Waals surface area contributed by atoms with Crippen molar-refractivity contribution in [1.29, 1.82) is 0 Å². The number of rotatable bonds is 9. The number of nitrogens with zero attached hydrogens (tertiary/aromatic N) is 1. The Balaban J connectivity index is 1.38. The summed E-state index contributed by atoms with van der Waals surface area (Å²) in [6, 6.07) is 0.